The molecule has 0 radical (unpaired) electrons. The number of carbonyl (C=O) groups excluding carboxylic acids is 2. The van der Waals surface area contributed by atoms with Crippen molar-refractivity contribution in [2.45, 2.75) is 52.0 Å². The molecule has 1 unspecified atom stereocenters. The van der Waals surface area contributed by atoms with Gasteiger partial charge in [0, 0.05) is 24.8 Å². The summed E-state index contributed by atoms with van der Waals surface area (Å²) in [5.74, 6) is -0.103. The van der Waals surface area contributed by atoms with Gasteiger partial charge in [-0.2, -0.15) is 0 Å². The number of amides is 2. The number of benzene rings is 1. The lowest BCUT2D eigenvalue weighted by molar-refractivity contribution is -0.121. The Morgan fingerprint density at radius 3 is 2.46 bits per heavy atom. The van der Waals surface area contributed by atoms with E-state index in [9.17, 15) is 9.59 Å². The minimum absolute atomic E-state index is 0.00246. The molecule has 2 rings (SSSR count). The number of anilines is 2. The van der Waals surface area contributed by atoms with Crippen LogP contribution in [0, 0.1) is 0 Å². The third-order valence-electron chi connectivity index (χ3n) is 4.11. The van der Waals surface area contributed by atoms with E-state index >= 15 is 0 Å². The third kappa shape index (κ3) is 6.07. The van der Waals surface area contributed by atoms with E-state index in [2.05, 4.69) is 22.0 Å². The van der Waals surface area contributed by atoms with Gasteiger partial charge in [0.25, 0.3) is 0 Å². The van der Waals surface area contributed by atoms with Crippen molar-refractivity contribution in [3.8, 4) is 0 Å². The summed E-state index contributed by atoms with van der Waals surface area (Å²) in [7, 11) is 0. The molecule has 0 aliphatic heterocycles. The summed E-state index contributed by atoms with van der Waals surface area (Å²) < 4.78 is 0. The number of carbonyl (C=O) groups is 2. The first-order chi connectivity index (χ1) is 11.5. The summed E-state index contributed by atoms with van der Waals surface area (Å²) in [5, 5.41) is 8.88. The van der Waals surface area contributed by atoms with Crippen molar-refractivity contribution in [3.05, 3.63) is 35.9 Å². The Labute approximate surface area is 143 Å². The van der Waals surface area contributed by atoms with E-state index in [0.717, 1.165) is 17.8 Å². The summed E-state index contributed by atoms with van der Waals surface area (Å²) >= 11 is 0. The maximum atomic E-state index is 12.2. The van der Waals surface area contributed by atoms with Crippen molar-refractivity contribution in [1.29, 1.82) is 0 Å². The zero-order valence-electron chi connectivity index (χ0n) is 14.5. The molecule has 5 nitrogen and oxygen atoms in total. The fourth-order valence-corrected chi connectivity index (χ4v) is 2.80. The second kappa shape index (κ2) is 9.11. The summed E-state index contributed by atoms with van der Waals surface area (Å²) in [4.78, 5) is 23.1. The van der Waals surface area contributed by atoms with Crippen molar-refractivity contribution in [1.82, 2.24) is 5.32 Å². The van der Waals surface area contributed by atoms with Crippen LogP contribution in [0.15, 0.2) is 35.9 Å². The lowest BCUT2D eigenvalue weighted by atomic mass is 9.97. The Hall–Kier alpha value is -2.30. The molecule has 0 heterocycles. The SMILES string of the molecule is CC(=O)Nc1ccc(NC(C)C(=O)NCCC2=CCCCC2)cc1. The van der Waals surface area contributed by atoms with Crippen LogP contribution >= 0.6 is 0 Å². The zero-order valence-corrected chi connectivity index (χ0v) is 14.5. The first-order valence-corrected chi connectivity index (χ1v) is 8.64. The fraction of sp³-hybridized carbons (Fsp3) is 0.474. The molecular weight excluding hydrogens is 302 g/mol. The lowest BCUT2D eigenvalue weighted by Crippen LogP contribution is -2.38. The summed E-state index contributed by atoms with van der Waals surface area (Å²) in [6.45, 7) is 4.01. The topological polar surface area (TPSA) is 70.2 Å². The van der Waals surface area contributed by atoms with Gasteiger partial charge in [-0.3, -0.25) is 9.59 Å². The normalized spacial score (nSPS) is 15.2. The first kappa shape index (κ1) is 18.0. The highest BCUT2D eigenvalue weighted by atomic mass is 16.2. The molecule has 1 aliphatic rings. The van der Waals surface area contributed by atoms with E-state index < -0.39 is 0 Å². The van der Waals surface area contributed by atoms with Crippen molar-refractivity contribution in [2.75, 3.05) is 17.2 Å². The second-order valence-corrected chi connectivity index (χ2v) is 6.27. The maximum Gasteiger partial charge on any atom is 0.242 e. The van der Waals surface area contributed by atoms with Crippen LogP contribution in [-0.2, 0) is 9.59 Å². The second-order valence-electron chi connectivity index (χ2n) is 6.27. The van der Waals surface area contributed by atoms with Gasteiger partial charge in [0.05, 0.1) is 0 Å². The highest BCUT2D eigenvalue weighted by Gasteiger charge is 2.12. The molecule has 0 fully saturated rings. The van der Waals surface area contributed by atoms with E-state index in [1.807, 2.05) is 31.2 Å². The number of rotatable bonds is 7. The quantitative estimate of drug-likeness (QED) is 0.671. The molecule has 2 amide bonds. The Bertz CT molecular complexity index is 593. The number of hydrogen-bond donors (Lipinski definition) is 3. The van der Waals surface area contributed by atoms with Crippen molar-refractivity contribution in [2.24, 2.45) is 0 Å². The Morgan fingerprint density at radius 1 is 1.12 bits per heavy atom. The predicted molar refractivity (Wildman–Crippen MR) is 98.0 cm³/mol. The molecule has 1 aromatic carbocycles. The highest BCUT2D eigenvalue weighted by Crippen LogP contribution is 2.19. The van der Waals surface area contributed by atoms with Crippen LogP contribution in [0.4, 0.5) is 11.4 Å². The Kier molecular flexibility index (Phi) is 6.85. The van der Waals surface area contributed by atoms with Gasteiger partial charge in [-0.05, 0) is 63.3 Å². The van der Waals surface area contributed by atoms with E-state index in [1.54, 1.807) is 0 Å². The molecule has 0 saturated heterocycles. The molecular formula is C19H27N3O2. The third-order valence-corrected chi connectivity index (χ3v) is 4.11. The largest absolute Gasteiger partial charge is 0.374 e. The van der Waals surface area contributed by atoms with E-state index in [-0.39, 0.29) is 17.9 Å². The monoisotopic (exact) mass is 329 g/mol. The van der Waals surface area contributed by atoms with Crippen LogP contribution < -0.4 is 16.0 Å². The van der Waals surface area contributed by atoms with Crippen LogP contribution in [-0.4, -0.2) is 24.4 Å². The molecule has 0 saturated carbocycles. The van der Waals surface area contributed by atoms with E-state index in [0.29, 0.717) is 6.54 Å². The van der Waals surface area contributed by atoms with Crippen molar-refractivity contribution in [3.63, 3.8) is 0 Å². The van der Waals surface area contributed by atoms with Gasteiger partial charge < -0.3 is 16.0 Å². The summed E-state index contributed by atoms with van der Waals surface area (Å²) in [6, 6.07) is 7.01. The first-order valence-electron chi connectivity index (χ1n) is 8.64. The molecule has 1 atom stereocenters. The molecule has 1 aliphatic carbocycles. The van der Waals surface area contributed by atoms with Gasteiger partial charge in [-0.25, -0.2) is 0 Å². The average Bonchev–Trinajstić information content (AvgIpc) is 2.57. The Morgan fingerprint density at radius 2 is 1.83 bits per heavy atom. The van der Waals surface area contributed by atoms with Crippen molar-refractivity contribution >= 4 is 23.2 Å². The van der Waals surface area contributed by atoms with E-state index in [4.69, 9.17) is 0 Å². The van der Waals surface area contributed by atoms with Crippen LogP contribution in [0.3, 0.4) is 0 Å². The Balaban J connectivity index is 1.74. The average molecular weight is 329 g/mol. The molecule has 0 spiro atoms. The van der Waals surface area contributed by atoms with E-state index in [1.165, 1.54) is 38.2 Å². The zero-order chi connectivity index (χ0) is 17.4. The van der Waals surface area contributed by atoms with Crippen molar-refractivity contribution < 1.29 is 9.59 Å². The minimum Gasteiger partial charge on any atom is -0.374 e. The molecule has 3 N–H and O–H groups in total. The standard InChI is InChI=1S/C19H27N3O2/c1-14(19(24)20-13-12-16-6-4-3-5-7-16)21-17-8-10-18(11-9-17)22-15(2)23/h6,8-11,14,21H,3-5,7,12-13H2,1-2H3,(H,20,24)(H,22,23). The smallest absolute Gasteiger partial charge is 0.242 e. The van der Waals surface area contributed by atoms with Crippen LogP contribution in [0.1, 0.15) is 46.0 Å². The molecule has 0 bridgehead atoms. The van der Waals surface area contributed by atoms with Gasteiger partial charge in [0.1, 0.15) is 6.04 Å². The lowest BCUT2D eigenvalue weighted by Gasteiger charge is -2.17. The molecule has 0 aromatic heterocycles. The maximum absolute atomic E-state index is 12.2. The minimum atomic E-state index is -0.308. The molecule has 24 heavy (non-hydrogen) atoms. The van der Waals surface area contributed by atoms with Crippen LogP contribution in [0.5, 0.6) is 0 Å². The predicted octanol–water partition coefficient (Wildman–Crippen LogP) is 3.45. The number of hydrogen-bond acceptors (Lipinski definition) is 3. The van der Waals surface area contributed by atoms with Gasteiger partial charge in [-0.15, -0.1) is 0 Å². The fourth-order valence-electron chi connectivity index (χ4n) is 2.80. The van der Waals surface area contributed by atoms with Gasteiger partial charge in [0.2, 0.25) is 11.8 Å². The van der Waals surface area contributed by atoms with Gasteiger partial charge in [0.15, 0.2) is 0 Å². The number of nitrogens with one attached hydrogen (secondary N) is 3. The molecule has 130 valence electrons. The summed E-state index contributed by atoms with van der Waals surface area (Å²) in [5.41, 5.74) is 3.06. The van der Waals surface area contributed by atoms with Gasteiger partial charge >= 0.3 is 0 Å². The molecule has 5 heteroatoms. The molecule has 1 aromatic rings. The summed E-state index contributed by atoms with van der Waals surface area (Å²) in [6.07, 6.45) is 8.17. The number of allylic oxidation sites excluding steroid dienone is 1. The highest BCUT2D eigenvalue weighted by molar-refractivity contribution is 5.89. The van der Waals surface area contributed by atoms with Gasteiger partial charge in [-0.1, -0.05) is 11.6 Å². The van der Waals surface area contributed by atoms with Crippen LogP contribution in [0.25, 0.3) is 0 Å². The van der Waals surface area contributed by atoms with Crippen LogP contribution in [0.2, 0.25) is 0 Å².